The minimum absolute atomic E-state index is 0.642. The molecule has 47 heavy (non-hydrogen) atoms. The summed E-state index contributed by atoms with van der Waals surface area (Å²) in [5.41, 5.74) is 8.41. The lowest BCUT2D eigenvalue weighted by Gasteiger charge is -2.21. The number of hydrogen-bond donors (Lipinski definition) is 0. The van der Waals surface area contributed by atoms with Crippen molar-refractivity contribution in [3.8, 4) is 34.4 Å². The molecule has 218 valence electrons. The van der Waals surface area contributed by atoms with Crippen LogP contribution in [0.5, 0.6) is 11.5 Å². The van der Waals surface area contributed by atoms with Gasteiger partial charge in [0.2, 0.25) is 5.95 Å². The van der Waals surface area contributed by atoms with Gasteiger partial charge in [0, 0.05) is 43.6 Å². The van der Waals surface area contributed by atoms with E-state index in [1.807, 2.05) is 30.3 Å². The first-order valence-electron chi connectivity index (χ1n) is 15.9. The topological polar surface area (TPSA) is 44.9 Å². The molecule has 11 rings (SSSR count). The molecule has 0 saturated carbocycles. The highest BCUT2D eigenvalue weighted by atomic mass is 16.5. The van der Waals surface area contributed by atoms with Crippen molar-refractivity contribution in [2.45, 2.75) is 0 Å². The van der Waals surface area contributed by atoms with Crippen LogP contribution in [0.15, 0.2) is 146 Å². The van der Waals surface area contributed by atoms with Crippen LogP contribution in [0.25, 0.3) is 88.2 Å². The molecule has 3 aromatic heterocycles. The van der Waals surface area contributed by atoms with Gasteiger partial charge in [0.05, 0.1) is 38.7 Å². The van der Waals surface area contributed by atoms with Crippen molar-refractivity contribution in [1.82, 2.24) is 19.1 Å². The maximum atomic E-state index is 6.30. The van der Waals surface area contributed by atoms with Gasteiger partial charge in [-0.25, -0.2) is 9.97 Å². The van der Waals surface area contributed by atoms with Crippen LogP contribution in [0.3, 0.4) is 0 Å². The van der Waals surface area contributed by atoms with E-state index in [0.717, 1.165) is 55.8 Å². The van der Waals surface area contributed by atoms with Crippen LogP contribution in [0.2, 0.25) is 0 Å². The molecule has 0 unspecified atom stereocenters. The maximum absolute atomic E-state index is 6.30. The highest BCUT2D eigenvalue weighted by molar-refractivity contribution is 6.26. The van der Waals surface area contributed by atoms with Gasteiger partial charge >= 0.3 is 0 Å². The van der Waals surface area contributed by atoms with Gasteiger partial charge in [0.25, 0.3) is 0 Å². The standard InChI is InChI=1S/C42H24N4O/c1-2-11-25(12-3-1)45-34-17-7-4-13-26(34)28-21-24-31-30(40(28)45)23-22-29-27-14-5-8-18-35(27)46(41(29)31)42-43-33-16-10-20-37-38(33)39(44-42)32-15-6-9-19-36(32)47-37/h1-24H. The van der Waals surface area contributed by atoms with Gasteiger partial charge in [-0.1, -0.05) is 97.1 Å². The van der Waals surface area contributed by atoms with Gasteiger partial charge < -0.3 is 9.30 Å². The molecule has 10 aromatic rings. The van der Waals surface area contributed by atoms with Crippen molar-refractivity contribution in [1.29, 1.82) is 0 Å². The summed E-state index contributed by atoms with van der Waals surface area (Å²) in [7, 11) is 0. The van der Waals surface area contributed by atoms with Crippen LogP contribution in [0, 0.1) is 0 Å². The van der Waals surface area contributed by atoms with Crippen LogP contribution < -0.4 is 4.74 Å². The molecule has 0 radical (unpaired) electrons. The number of para-hydroxylation sites is 4. The second kappa shape index (κ2) is 9.05. The molecule has 0 atom stereocenters. The molecule has 0 aliphatic carbocycles. The number of ether oxygens (including phenoxy) is 1. The highest BCUT2D eigenvalue weighted by Crippen LogP contribution is 2.46. The van der Waals surface area contributed by atoms with E-state index in [0.29, 0.717) is 5.95 Å². The third-order valence-electron chi connectivity index (χ3n) is 9.71. The number of rotatable bonds is 2. The molecule has 0 fully saturated rings. The van der Waals surface area contributed by atoms with Gasteiger partial charge in [-0.15, -0.1) is 0 Å². The van der Waals surface area contributed by atoms with Crippen LogP contribution in [-0.4, -0.2) is 19.1 Å². The predicted octanol–water partition coefficient (Wildman–Crippen LogP) is 10.7. The summed E-state index contributed by atoms with van der Waals surface area (Å²) in [5.74, 6) is 2.23. The first-order valence-corrected chi connectivity index (χ1v) is 15.9. The van der Waals surface area contributed by atoms with E-state index in [1.165, 1.54) is 38.0 Å². The second-order valence-corrected chi connectivity index (χ2v) is 12.2. The number of aromatic nitrogens is 4. The summed E-state index contributed by atoms with van der Waals surface area (Å²) in [5, 5.41) is 8.09. The average molecular weight is 601 g/mol. The number of hydrogen-bond acceptors (Lipinski definition) is 3. The van der Waals surface area contributed by atoms with Gasteiger partial charge in [-0.3, -0.25) is 4.57 Å². The SMILES string of the molecule is c1ccc(-n2c3ccccc3c3ccc4c(ccc5c6ccccc6n(-c6nc7c8c(cccc8n6)Oc6ccccc6-7)c54)c32)cc1. The van der Waals surface area contributed by atoms with Crippen molar-refractivity contribution < 1.29 is 4.74 Å². The molecule has 0 amide bonds. The van der Waals surface area contributed by atoms with Crippen molar-refractivity contribution in [2.75, 3.05) is 0 Å². The predicted molar refractivity (Wildman–Crippen MR) is 191 cm³/mol. The zero-order valence-electron chi connectivity index (χ0n) is 25.1. The summed E-state index contributed by atoms with van der Waals surface area (Å²) < 4.78 is 11.0. The molecular weight excluding hydrogens is 576 g/mol. The van der Waals surface area contributed by atoms with Crippen molar-refractivity contribution in [3.63, 3.8) is 0 Å². The Balaban J connectivity index is 1.31. The molecule has 0 saturated heterocycles. The molecule has 0 bridgehead atoms. The number of nitrogens with zero attached hydrogens (tertiary/aromatic N) is 4. The Morgan fingerprint density at radius 2 is 1.00 bits per heavy atom. The van der Waals surface area contributed by atoms with E-state index >= 15 is 0 Å². The summed E-state index contributed by atoms with van der Waals surface area (Å²) >= 11 is 0. The fourth-order valence-electron chi connectivity index (χ4n) is 7.77. The molecule has 5 heteroatoms. The Labute approximate surface area is 268 Å². The minimum Gasteiger partial charge on any atom is -0.456 e. The molecule has 1 aliphatic heterocycles. The van der Waals surface area contributed by atoms with Gasteiger partial charge in [0.1, 0.15) is 11.5 Å². The fourth-order valence-corrected chi connectivity index (χ4v) is 7.77. The van der Waals surface area contributed by atoms with E-state index < -0.39 is 0 Å². The van der Waals surface area contributed by atoms with Crippen molar-refractivity contribution in [3.05, 3.63) is 146 Å². The Hall–Kier alpha value is -6.46. The second-order valence-electron chi connectivity index (χ2n) is 12.2. The monoisotopic (exact) mass is 600 g/mol. The maximum Gasteiger partial charge on any atom is 0.235 e. The average Bonchev–Trinajstić information content (AvgIpc) is 3.65. The Morgan fingerprint density at radius 1 is 0.426 bits per heavy atom. The molecule has 5 nitrogen and oxygen atoms in total. The van der Waals surface area contributed by atoms with Crippen molar-refractivity contribution >= 4 is 65.3 Å². The molecule has 1 aliphatic rings. The fraction of sp³-hybridized carbons (Fsp3) is 0. The lowest BCUT2D eigenvalue weighted by atomic mass is 10.0. The zero-order chi connectivity index (χ0) is 30.6. The lowest BCUT2D eigenvalue weighted by Crippen LogP contribution is -2.06. The number of fused-ring (bicyclic) bond motifs is 11. The summed E-state index contributed by atoms with van der Waals surface area (Å²) in [4.78, 5) is 10.6. The van der Waals surface area contributed by atoms with Gasteiger partial charge in [-0.2, -0.15) is 0 Å². The first-order chi connectivity index (χ1) is 23.3. The quantitative estimate of drug-likeness (QED) is 0.198. The molecule has 7 aromatic carbocycles. The largest absolute Gasteiger partial charge is 0.456 e. The lowest BCUT2D eigenvalue weighted by molar-refractivity contribution is 0.486. The molecule has 0 N–H and O–H groups in total. The van der Waals surface area contributed by atoms with Crippen LogP contribution in [-0.2, 0) is 0 Å². The Bertz CT molecular complexity index is 2940. The van der Waals surface area contributed by atoms with Crippen LogP contribution in [0.4, 0.5) is 0 Å². The van der Waals surface area contributed by atoms with E-state index in [1.54, 1.807) is 0 Å². The molecule has 4 heterocycles. The Morgan fingerprint density at radius 3 is 1.74 bits per heavy atom. The van der Waals surface area contributed by atoms with E-state index in [2.05, 4.69) is 124 Å². The van der Waals surface area contributed by atoms with Crippen LogP contribution in [0.1, 0.15) is 0 Å². The van der Waals surface area contributed by atoms with Crippen molar-refractivity contribution in [2.24, 2.45) is 0 Å². The van der Waals surface area contributed by atoms with Crippen LogP contribution >= 0.6 is 0 Å². The van der Waals surface area contributed by atoms with E-state index in [9.17, 15) is 0 Å². The van der Waals surface area contributed by atoms with E-state index in [-0.39, 0.29) is 0 Å². The first kappa shape index (κ1) is 24.8. The van der Waals surface area contributed by atoms with Gasteiger partial charge in [-0.05, 0) is 48.5 Å². The van der Waals surface area contributed by atoms with E-state index in [4.69, 9.17) is 14.7 Å². The summed E-state index contributed by atoms with van der Waals surface area (Å²) in [6, 6.07) is 51.2. The molecule has 0 spiro atoms. The third-order valence-corrected chi connectivity index (χ3v) is 9.71. The highest BCUT2D eigenvalue weighted by Gasteiger charge is 2.25. The summed E-state index contributed by atoms with van der Waals surface area (Å²) in [6.07, 6.45) is 0. The van der Waals surface area contributed by atoms with Gasteiger partial charge in [0.15, 0.2) is 0 Å². The minimum atomic E-state index is 0.642. The smallest absolute Gasteiger partial charge is 0.235 e. The zero-order valence-corrected chi connectivity index (χ0v) is 25.1. The Kier molecular flexibility index (Phi) is 4.78. The summed E-state index contributed by atoms with van der Waals surface area (Å²) in [6.45, 7) is 0. The third kappa shape index (κ3) is 3.27. The normalized spacial score (nSPS) is 12.4. The molecular formula is C42H24N4O. The number of benzene rings is 7.